The Hall–Kier alpha value is -3.02. The van der Waals surface area contributed by atoms with Crippen LogP contribution in [0, 0.1) is 16.7 Å². The van der Waals surface area contributed by atoms with Crippen molar-refractivity contribution in [3.63, 3.8) is 0 Å². The monoisotopic (exact) mass is 312 g/mol. The van der Waals surface area contributed by atoms with Crippen LogP contribution >= 0.6 is 0 Å². The molecule has 23 heavy (non-hydrogen) atoms. The van der Waals surface area contributed by atoms with Gasteiger partial charge in [-0.05, 0) is 31.2 Å². The van der Waals surface area contributed by atoms with Gasteiger partial charge in [0, 0.05) is 0 Å². The van der Waals surface area contributed by atoms with E-state index < -0.39 is 11.7 Å². The fraction of sp³-hybridized carbons (Fsp3) is 0.176. The van der Waals surface area contributed by atoms with Crippen LogP contribution in [0.25, 0.3) is 0 Å². The summed E-state index contributed by atoms with van der Waals surface area (Å²) in [5.41, 5.74) is 11.4. The van der Waals surface area contributed by atoms with Gasteiger partial charge in [-0.3, -0.25) is 10.8 Å². The second-order valence-corrected chi connectivity index (χ2v) is 5.09. The summed E-state index contributed by atoms with van der Waals surface area (Å²) in [4.78, 5) is 0. The van der Waals surface area contributed by atoms with E-state index in [-0.39, 0.29) is 11.7 Å². The molecule has 2 rings (SSSR count). The summed E-state index contributed by atoms with van der Waals surface area (Å²) >= 11 is 0. The zero-order chi connectivity index (χ0) is 16.9. The van der Waals surface area contributed by atoms with Crippen molar-refractivity contribution in [1.29, 1.82) is 10.8 Å². The molecule has 0 aliphatic carbocycles. The van der Waals surface area contributed by atoms with Crippen LogP contribution in [-0.2, 0) is 0 Å². The van der Waals surface area contributed by atoms with E-state index in [4.69, 9.17) is 31.8 Å². The van der Waals surface area contributed by atoms with Gasteiger partial charge in [-0.15, -0.1) is 0 Å². The number of hydrogen-bond donors (Lipinski definition) is 4. The number of benzene rings is 2. The highest BCUT2D eigenvalue weighted by Gasteiger charge is 2.47. The van der Waals surface area contributed by atoms with E-state index >= 15 is 0 Å². The van der Waals surface area contributed by atoms with Gasteiger partial charge in [0.2, 0.25) is 0 Å². The molecule has 0 heterocycles. The van der Waals surface area contributed by atoms with Crippen LogP contribution in [0.1, 0.15) is 6.92 Å². The van der Waals surface area contributed by atoms with Crippen molar-refractivity contribution in [1.82, 2.24) is 0 Å². The van der Waals surface area contributed by atoms with E-state index in [1.54, 1.807) is 55.5 Å². The molecule has 0 spiro atoms. The number of ether oxygens (including phenoxy) is 2. The molecule has 120 valence electrons. The van der Waals surface area contributed by atoms with Crippen molar-refractivity contribution in [3.05, 3.63) is 60.7 Å². The predicted molar refractivity (Wildman–Crippen MR) is 89.9 cm³/mol. The summed E-state index contributed by atoms with van der Waals surface area (Å²) < 4.78 is 11.8. The third kappa shape index (κ3) is 3.60. The first kappa shape index (κ1) is 16.4. The maximum atomic E-state index is 8.00. The highest BCUT2D eigenvalue weighted by Crippen LogP contribution is 2.29. The minimum Gasteiger partial charge on any atom is -0.445 e. The molecule has 1 atom stereocenters. The molecule has 0 amide bonds. The molecule has 1 unspecified atom stereocenters. The largest absolute Gasteiger partial charge is 0.445 e. The highest BCUT2D eigenvalue weighted by atomic mass is 16.7. The van der Waals surface area contributed by atoms with E-state index in [0.29, 0.717) is 11.5 Å². The Balaban J connectivity index is 2.46. The number of rotatable bonds is 7. The van der Waals surface area contributed by atoms with Crippen LogP contribution < -0.4 is 20.9 Å². The summed E-state index contributed by atoms with van der Waals surface area (Å²) in [6, 6.07) is 17.7. The molecular weight excluding hydrogens is 292 g/mol. The maximum Gasteiger partial charge on any atom is 0.319 e. The van der Waals surface area contributed by atoms with Crippen LogP contribution in [0.4, 0.5) is 0 Å². The molecule has 0 aliphatic heterocycles. The molecule has 2 aromatic rings. The summed E-state index contributed by atoms with van der Waals surface area (Å²) in [5.74, 6) is -2.09. The number of nitrogens with two attached hydrogens (primary N) is 2. The molecule has 6 N–H and O–H groups in total. The second-order valence-electron chi connectivity index (χ2n) is 5.09. The molecule has 0 aliphatic rings. The lowest BCUT2D eigenvalue weighted by molar-refractivity contribution is -0.0758. The van der Waals surface area contributed by atoms with E-state index in [0.717, 1.165) is 0 Å². The third-order valence-electron chi connectivity index (χ3n) is 3.44. The first-order valence-corrected chi connectivity index (χ1v) is 7.12. The molecule has 0 saturated heterocycles. The van der Waals surface area contributed by atoms with E-state index in [9.17, 15) is 0 Å². The fourth-order valence-electron chi connectivity index (χ4n) is 2.07. The average Bonchev–Trinajstić information content (AvgIpc) is 2.55. The van der Waals surface area contributed by atoms with Gasteiger partial charge in [0.05, 0.1) is 5.92 Å². The molecule has 0 bridgehead atoms. The number of nitrogens with one attached hydrogen (secondary N) is 2. The summed E-state index contributed by atoms with van der Waals surface area (Å²) in [5, 5.41) is 15.7. The third-order valence-corrected chi connectivity index (χ3v) is 3.44. The first-order chi connectivity index (χ1) is 11.0. The quantitative estimate of drug-likeness (QED) is 0.356. The first-order valence-electron chi connectivity index (χ1n) is 7.12. The van der Waals surface area contributed by atoms with E-state index in [2.05, 4.69) is 0 Å². The van der Waals surface area contributed by atoms with Crippen LogP contribution in [0.5, 0.6) is 11.5 Å². The van der Waals surface area contributed by atoms with Gasteiger partial charge < -0.3 is 20.9 Å². The molecule has 0 aromatic heterocycles. The number of hydrogen-bond acceptors (Lipinski definition) is 4. The summed E-state index contributed by atoms with van der Waals surface area (Å²) in [6.45, 7) is 1.63. The summed E-state index contributed by atoms with van der Waals surface area (Å²) in [6.07, 6.45) is 0. The van der Waals surface area contributed by atoms with Crippen LogP contribution in [-0.4, -0.2) is 17.5 Å². The van der Waals surface area contributed by atoms with Gasteiger partial charge in [0.15, 0.2) is 5.84 Å². The Bertz CT molecular complexity index is 632. The summed E-state index contributed by atoms with van der Waals surface area (Å²) in [7, 11) is 0. The molecule has 0 fully saturated rings. The normalized spacial score (nSPS) is 12.2. The fourth-order valence-corrected chi connectivity index (χ4v) is 2.07. The van der Waals surface area contributed by atoms with Crippen molar-refractivity contribution < 1.29 is 9.47 Å². The van der Waals surface area contributed by atoms with Crippen LogP contribution in [0.3, 0.4) is 0 Å². The van der Waals surface area contributed by atoms with Crippen LogP contribution in [0.15, 0.2) is 60.7 Å². The number of para-hydroxylation sites is 2. The van der Waals surface area contributed by atoms with Gasteiger partial charge in [-0.2, -0.15) is 0 Å². The molecule has 0 saturated carbocycles. The van der Waals surface area contributed by atoms with Crippen molar-refractivity contribution in [2.75, 3.05) is 0 Å². The van der Waals surface area contributed by atoms with Crippen molar-refractivity contribution in [2.24, 2.45) is 17.4 Å². The van der Waals surface area contributed by atoms with Gasteiger partial charge in [0.1, 0.15) is 17.3 Å². The maximum absolute atomic E-state index is 8.00. The lowest BCUT2D eigenvalue weighted by Gasteiger charge is -2.37. The Kier molecular flexibility index (Phi) is 4.85. The van der Waals surface area contributed by atoms with Crippen LogP contribution in [0.2, 0.25) is 0 Å². The zero-order valence-electron chi connectivity index (χ0n) is 12.8. The van der Waals surface area contributed by atoms with Crippen molar-refractivity contribution in [3.8, 4) is 11.5 Å². The van der Waals surface area contributed by atoms with Crippen molar-refractivity contribution >= 4 is 11.7 Å². The van der Waals surface area contributed by atoms with Gasteiger partial charge in [-0.1, -0.05) is 36.4 Å². The second kappa shape index (κ2) is 6.83. The van der Waals surface area contributed by atoms with E-state index in [1.165, 1.54) is 0 Å². The Labute approximate surface area is 135 Å². The minimum atomic E-state index is -1.70. The zero-order valence-corrected chi connectivity index (χ0v) is 12.8. The van der Waals surface area contributed by atoms with Crippen molar-refractivity contribution in [2.45, 2.75) is 12.7 Å². The molecule has 2 aromatic carbocycles. The Morgan fingerprint density at radius 1 is 0.870 bits per heavy atom. The van der Waals surface area contributed by atoms with E-state index in [1.807, 2.05) is 12.1 Å². The Morgan fingerprint density at radius 3 is 1.57 bits per heavy atom. The SMILES string of the molecule is CC(C(=N)N)C(Oc1ccccc1)(Oc1ccccc1)C(=N)N. The lowest BCUT2D eigenvalue weighted by Crippen LogP contribution is -2.61. The number of amidine groups is 2. The smallest absolute Gasteiger partial charge is 0.319 e. The molecule has 6 heteroatoms. The van der Waals surface area contributed by atoms with Gasteiger partial charge in [-0.25, -0.2) is 0 Å². The highest BCUT2D eigenvalue weighted by molar-refractivity contribution is 5.93. The minimum absolute atomic E-state index is 0.188. The lowest BCUT2D eigenvalue weighted by atomic mass is 9.97. The molecule has 6 nitrogen and oxygen atoms in total. The Morgan fingerprint density at radius 2 is 1.26 bits per heavy atom. The topological polar surface area (TPSA) is 118 Å². The van der Waals surface area contributed by atoms with Gasteiger partial charge >= 0.3 is 5.79 Å². The standard InChI is InChI=1S/C17H20N4O2/c1-12(15(18)19)17(16(20)21,22-13-8-4-2-5-9-13)23-14-10-6-3-7-11-14/h2-12H,1H3,(H3,18,19)(H3,20,21). The van der Waals surface area contributed by atoms with Gasteiger partial charge in [0.25, 0.3) is 0 Å². The average molecular weight is 312 g/mol. The predicted octanol–water partition coefficient (Wildman–Crippen LogP) is 2.35. The molecular formula is C17H20N4O2. The molecule has 0 radical (unpaired) electrons.